The van der Waals surface area contributed by atoms with Crippen molar-refractivity contribution in [1.82, 2.24) is 10.2 Å². The van der Waals surface area contributed by atoms with Gasteiger partial charge in [0.1, 0.15) is 5.75 Å². The van der Waals surface area contributed by atoms with Crippen molar-refractivity contribution in [1.29, 1.82) is 0 Å². The van der Waals surface area contributed by atoms with Crippen molar-refractivity contribution in [3.8, 4) is 5.75 Å². The maximum atomic E-state index is 13.0. The van der Waals surface area contributed by atoms with Gasteiger partial charge >= 0.3 is 0 Å². The number of anilines is 1. The zero-order valence-electron chi connectivity index (χ0n) is 17.8. The van der Waals surface area contributed by atoms with Gasteiger partial charge in [0, 0.05) is 50.0 Å². The minimum Gasteiger partial charge on any atom is -0.493 e. The van der Waals surface area contributed by atoms with Crippen LogP contribution in [-0.2, 0) is 0 Å². The average Bonchev–Trinajstić information content (AvgIpc) is 2.80. The van der Waals surface area contributed by atoms with Crippen LogP contribution in [0, 0.1) is 0 Å². The number of carbonyl (C=O) groups is 1. The molecule has 0 saturated carbocycles. The first-order valence-corrected chi connectivity index (χ1v) is 11.2. The summed E-state index contributed by atoms with van der Waals surface area (Å²) in [5.41, 5.74) is 1.82. The summed E-state index contributed by atoms with van der Waals surface area (Å²) in [6.45, 7) is 7.76. The number of ether oxygens (including phenoxy) is 1. The van der Waals surface area contributed by atoms with Crippen LogP contribution in [0.2, 0.25) is 5.02 Å². The number of fused-ring (bicyclic) bond motifs is 1. The molecule has 0 atom stereocenters. The fourth-order valence-corrected chi connectivity index (χ4v) is 4.19. The highest BCUT2D eigenvalue weighted by atomic mass is 35.5. The van der Waals surface area contributed by atoms with E-state index in [4.69, 9.17) is 16.3 Å². The van der Waals surface area contributed by atoms with Crippen LogP contribution in [0.3, 0.4) is 0 Å². The van der Waals surface area contributed by atoms with Gasteiger partial charge in [0.05, 0.1) is 12.2 Å². The molecule has 1 fully saturated rings. The predicted molar refractivity (Wildman–Crippen MR) is 128 cm³/mol. The predicted octanol–water partition coefficient (Wildman–Crippen LogP) is 4.44. The van der Waals surface area contributed by atoms with Gasteiger partial charge in [-0.05, 0) is 48.0 Å². The molecule has 0 spiro atoms. The van der Waals surface area contributed by atoms with Crippen molar-refractivity contribution in [2.45, 2.75) is 6.92 Å². The number of nitrogens with zero attached hydrogens (tertiary/aromatic N) is 2. The number of piperazine rings is 1. The number of benzene rings is 3. The third-order valence-corrected chi connectivity index (χ3v) is 5.95. The van der Waals surface area contributed by atoms with Crippen LogP contribution in [0.1, 0.15) is 17.3 Å². The molecule has 0 aromatic heterocycles. The second-order valence-electron chi connectivity index (χ2n) is 7.65. The number of nitrogens with one attached hydrogen (secondary N) is 1. The molecule has 1 aliphatic heterocycles. The molecule has 0 unspecified atom stereocenters. The molecule has 4 rings (SSSR count). The second-order valence-corrected chi connectivity index (χ2v) is 8.09. The van der Waals surface area contributed by atoms with Gasteiger partial charge in [0.25, 0.3) is 5.91 Å². The lowest BCUT2D eigenvalue weighted by molar-refractivity contribution is 0.0946. The molecule has 1 aliphatic rings. The normalized spacial score (nSPS) is 14.6. The lowest BCUT2D eigenvalue weighted by atomic mass is 10.0. The van der Waals surface area contributed by atoms with Crippen LogP contribution in [0.5, 0.6) is 5.75 Å². The van der Waals surface area contributed by atoms with Crippen molar-refractivity contribution in [2.75, 3.05) is 50.8 Å². The first-order chi connectivity index (χ1) is 15.2. The molecule has 1 amide bonds. The Hall–Kier alpha value is -2.76. The van der Waals surface area contributed by atoms with E-state index in [9.17, 15) is 4.79 Å². The quantitative estimate of drug-likeness (QED) is 0.593. The fraction of sp³-hybridized carbons (Fsp3) is 0.320. The summed E-state index contributed by atoms with van der Waals surface area (Å²) < 4.78 is 5.74. The Kier molecular flexibility index (Phi) is 6.95. The largest absolute Gasteiger partial charge is 0.493 e. The molecular formula is C25H28ClN3O2. The molecule has 0 bridgehead atoms. The van der Waals surface area contributed by atoms with E-state index in [1.807, 2.05) is 55.5 Å². The van der Waals surface area contributed by atoms with Gasteiger partial charge in [0.15, 0.2) is 0 Å². The van der Waals surface area contributed by atoms with E-state index in [1.165, 1.54) is 5.69 Å². The zero-order valence-corrected chi connectivity index (χ0v) is 18.6. The lowest BCUT2D eigenvalue weighted by Crippen LogP contribution is -2.48. The maximum absolute atomic E-state index is 13.0. The third-order valence-electron chi connectivity index (χ3n) is 5.70. The number of hydrogen-bond acceptors (Lipinski definition) is 4. The topological polar surface area (TPSA) is 44.8 Å². The SMILES string of the molecule is CCOc1ccc2ccccc2c1C(=O)NCCN1CCN(c2ccc(Cl)cc2)CC1. The van der Waals surface area contributed by atoms with E-state index in [0.717, 1.165) is 48.5 Å². The minimum atomic E-state index is -0.0833. The number of hydrogen-bond donors (Lipinski definition) is 1. The van der Waals surface area contributed by atoms with E-state index >= 15 is 0 Å². The van der Waals surface area contributed by atoms with Crippen LogP contribution < -0.4 is 15.0 Å². The summed E-state index contributed by atoms with van der Waals surface area (Å²) in [5.74, 6) is 0.551. The average molecular weight is 438 g/mol. The fourth-order valence-electron chi connectivity index (χ4n) is 4.06. The molecule has 1 N–H and O–H groups in total. The molecule has 5 nitrogen and oxygen atoms in total. The highest BCUT2D eigenvalue weighted by Gasteiger charge is 2.19. The minimum absolute atomic E-state index is 0.0833. The van der Waals surface area contributed by atoms with Crippen LogP contribution in [0.25, 0.3) is 10.8 Å². The van der Waals surface area contributed by atoms with Crippen LogP contribution in [0.15, 0.2) is 60.7 Å². The number of rotatable bonds is 7. The van der Waals surface area contributed by atoms with Crippen molar-refractivity contribution in [3.63, 3.8) is 0 Å². The molecule has 6 heteroatoms. The summed E-state index contributed by atoms with van der Waals surface area (Å²) in [6.07, 6.45) is 0. The first kappa shape index (κ1) is 21.5. The molecule has 0 aliphatic carbocycles. The van der Waals surface area contributed by atoms with E-state index in [0.29, 0.717) is 24.5 Å². The Morgan fingerprint density at radius 1 is 1.00 bits per heavy atom. The number of halogens is 1. The van der Waals surface area contributed by atoms with E-state index in [-0.39, 0.29) is 5.91 Å². The number of carbonyl (C=O) groups excluding carboxylic acids is 1. The first-order valence-electron chi connectivity index (χ1n) is 10.8. The Morgan fingerprint density at radius 3 is 2.48 bits per heavy atom. The Balaban J connectivity index is 1.33. The summed E-state index contributed by atoms with van der Waals surface area (Å²) in [5, 5.41) is 5.81. The van der Waals surface area contributed by atoms with Gasteiger partial charge in [-0.25, -0.2) is 0 Å². The maximum Gasteiger partial charge on any atom is 0.255 e. The van der Waals surface area contributed by atoms with Gasteiger partial charge in [-0.15, -0.1) is 0 Å². The van der Waals surface area contributed by atoms with Crippen LogP contribution in [-0.4, -0.2) is 56.7 Å². The Bertz CT molecular complexity index is 1030. The van der Waals surface area contributed by atoms with Gasteiger partial charge in [-0.2, -0.15) is 0 Å². The molecular weight excluding hydrogens is 410 g/mol. The Morgan fingerprint density at radius 2 is 1.74 bits per heavy atom. The molecule has 0 radical (unpaired) electrons. The highest BCUT2D eigenvalue weighted by molar-refractivity contribution is 6.30. The molecule has 1 heterocycles. The van der Waals surface area contributed by atoms with E-state index in [1.54, 1.807) is 0 Å². The molecule has 1 saturated heterocycles. The summed E-state index contributed by atoms with van der Waals surface area (Å²) in [7, 11) is 0. The summed E-state index contributed by atoms with van der Waals surface area (Å²) in [6, 6.07) is 19.8. The monoisotopic (exact) mass is 437 g/mol. The van der Waals surface area contributed by atoms with Crippen molar-refractivity contribution in [2.24, 2.45) is 0 Å². The molecule has 31 heavy (non-hydrogen) atoms. The van der Waals surface area contributed by atoms with Crippen molar-refractivity contribution in [3.05, 3.63) is 71.2 Å². The second kappa shape index (κ2) is 10.0. The standard InChI is InChI=1S/C25H28ClN3O2/c1-2-31-23-12-7-19-5-3-4-6-22(19)24(23)25(30)27-13-14-28-15-17-29(18-16-28)21-10-8-20(26)9-11-21/h3-12H,2,13-18H2,1H3,(H,27,30). The summed E-state index contributed by atoms with van der Waals surface area (Å²) in [4.78, 5) is 17.8. The smallest absolute Gasteiger partial charge is 0.255 e. The van der Waals surface area contributed by atoms with E-state index < -0.39 is 0 Å². The van der Waals surface area contributed by atoms with Gasteiger partial charge in [-0.3, -0.25) is 9.69 Å². The molecule has 3 aromatic rings. The third kappa shape index (κ3) is 5.12. The molecule has 162 valence electrons. The highest BCUT2D eigenvalue weighted by Crippen LogP contribution is 2.28. The lowest BCUT2D eigenvalue weighted by Gasteiger charge is -2.36. The number of amides is 1. The van der Waals surface area contributed by atoms with Gasteiger partial charge in [-0.1, -0.05) is 41.9 Å². The van der Waals surface area contributed by atoms with E-state index in [2.05, 4.69) is 27.2 Å². The zero-order chi connectivity index (χ0) is 21.6. The van der Waals surface area contributed by atoms with Gasteiger partial charge in [0.2, 0.25) is 0 Å². The van der Waals surface area contributed by atoms with Crippen molar-refractivity contribution < 1.29 is 9.53 Å². The van der Waals surface area contributed by atoms with Gasteiger partial charge < -0.3 is 15.0 Å². The van der Waals surface area contributed by atoms with Crippen LogP contribution >= 0.6 is 11.6 Å². The van der Waals surface area contributed by atoms with Crippen LogP contribution in [0.4, 0.5) is 5.69 Å². The summed E-state index contributed by atoms with van der Waals surface area (Å²) >= 11 is 5.99. The molecule has 3 aromatic carbocycles. The Labute approximate surface area is 188 Å². The van der Waals surface area contributed by atoms with Crippen molar-refractivity contribution >= 4 is 34.0 Å².